The van der Waals surface area contributed by atoms with Crippen LogP contribution >= 0.6 is 15.9 Å². The maximum Gasteiger partial charge on any atom is 0.375 e. The fourth-order valence-corrected chi connectivity index (χ4v) is 1.88. The summed E-state index contributed by atoms with van der Waals surface area (Å²) in [5.74, 6) is -1.97. The molecule has 0 fully saturated rings. The summed E-state index contributed by atoms with van der Waals surface area (Å²) in [4.78, 5) is 35.3. The van der Waals surface area contributed by atoms with Crippen LogP contribution in [0.2, 0.25) is 0 Å². The second kappa shape index (κ2) is 7.59. The average Bonchev–Trinajstić information content (AvgIpc) is 2.99. The van der Waals surface area contributed by atoms with Gasteiger partial charge in [-0.15, -0.1) is 0 Å². The van der Waals surface area contributed by atoms with Crippen LogP contribution in [0.15, 0.2) is 51.6 Å². The fourth-order valence-electron chi connectivity index (χ4n) is 1.58. The van der Waals surface area contributed by atoms with Crippen LogP contribution in [-0.4, -0.2) is 23.9 Å². The molecule has 1 atom stereocenters. The highest BCUT2D eigenvalue weighted by Gasteiger charge is 2.21. The molecular formula is C15H13BrN2O5. The first-order valence-corrected chi connectivity index (χ1v) is 7.38. The number of hydrogen-bond donors (Lipinski definition) is 2. The molecule has 0 aliphatic carbocycles. The monoisotopic (exact) mass is 380 g/mol. The second-order valence-electron chi connectivity index (χ2n) is 4.46. The third kappa shape index (κ3) is 4.68. The van der Waals surface area contributed by atoms with Gasteiger partial charge >= 0.3 is 5.97 Å². The van der Waals surface area contributed by atoms with Crippen LogP contribution in [0.25, 0.3) is 0 Å². The molecule has 120 valence electrons. The van der Waals surface area contributed by atoms with Crippen molar-refractivity contribution in [3.8, 4) is 0 Å². The van der Waals surface area contributed by atoms with Gasteiger partial charge in [0.2, 0.25) is 5.76 Å². The first kappa shape index (κ1) is 16.8. The van der Waals surface area contributed by atoms with Crippen LogP contribution in [0.4, 0.5) is 0 Å². The number of nitrogens with one attached hydrogen (secondary N) is 2. The Bertz CT molecular complexity index is 714. The third-order valence-corrected chi connectivity index (χ3v) is 3.19. The van der Waals surface area contributed by atoms with Gasteiger partial charge in [-0.25, -0.2) is 4.79 Å². The molecule has 0 spiro atoms. The van der Waals surface area contributed by atoms with Crippen molar-refractivity contribution in [3.05, 3.63) is 58.5 Å². The zero-order valence-corrected chi connectivity index (χ0v) is 13.6. The average molecular weight is 381 g/mol. The molecule has 2 N–H and O–H groups in total. The molecule has 2 amide bonds. The summed E-state index contributed by atoms with van der Waals surface area (Å²) in [5.41, 5.74) is 4.81. The van der Waals surface area contributed by atoms with Crippen LogP contribution in [0.1, 0.15) is 27.8 Å². The third-order valence-electron chi connectivity index (χ3n) is 2.76. The predicted molar refractivity (Wildman–Crippen MR) is 83.3 cm³/mol. The van der Waals surface area contributed by atoms with Crippen LogP contribution in [0, 0.1) is 0 Å². The van der Waals surface area contributed by atoms with Gasteiger partial charge in [0.1, 0.15) is 0 Å². The number of carbonyl (C=O) groups is 3. The van der Waals surface area contributed by atoms with Crippen molar-refractivity contribution >= 4 is 33.7 Å². The van der Waals surface area contributed by atoms with E-state index in [1.807, 2.05) is 0 Å². The number of carbonyl (C=O) groups excluding carboxylic acids is 3. The summed E-state index contributed by atoms with van der Waals surface area (Å²) in [6.07, 6.45) is -1.11. The Morgan fingerprint density at radius 1 is 1.09 bits per heavy atom. The lowest BCUT2D eigenvalue weighted by atomic mass is 10.2. The van der Waals surface area contributed by atoms with Gasteiger partial charge in [-0.1, -0.05) is 18.2 Å². The molecule has 0 unspecified atom stereocenters. The normalized spacial score (nSPS) is 11.4. The minimum absolute atomic E-state index is 0.0372. The lowest BCUT2D eigenvalue weighted by Gasteiger charge is -2.13. The summed E-state index contributed by atoms with van der Waals surface area (Å²) in [6.45, 7) is 1.37. The van der Waals surface area contributed by atoms with Gasteiger partial charge < -0.3 is 9.15 Å². The smallest absolute Gasteiger partial charge is 0.375 e. The van der Waals surface area contributed by atoms with Crippen molar-refractivity contribution in [2.45, 2.75) is 13.0 Å². The van der Waals surface area contributed by atoms with Gasteiger partial charge in [0.15, 0.2) is 10.8 Å². The molecule has 0 aliphatic heterocycles. The summed E-state index contributed by atoms with van der Waals surface area (Å²) >= 11 is 3.06. The van der Waals surface area contributed by atoms with E-state index in [-0.39, 0.29) is 5.76 Å². The number of halogens is 1. The maximum absolute atomic E-state index is 11.8. The van der Waals surface area contributed by atoms with E-state index in [2.05, 4.69) is 26.8 Å². The SMILES string of the molecule is C[C@@H](OC(=O)c1ccc(Br)o1)C(=O)NNC(=O)c1ccccc1. The molecule has 2 aromatic rings. The lowest BCUT2D eigenvalue weighted by Crippen LogP contribution is -2.46. The topological polar surface area (TPSA) is 97.6 Å². The van der Waals surface area contributed by atoms with E-state index in [9.17, 15) is 14.4 Å². The Morgan fingerprint density at radius 2 is 1.78 bits per heavy atom. The summed E-state index contributed by atoms with van der Waals surface area (Å²) in [6, 6.07) is 11.3. The van der Waals surface area contributed by atoms with Crippen molar-refractivity contribution in [3.63, 3.8) is 0 Å². The molecule has 1 aromatic carbocycles. The van der Waals surface area contributed by atoms with Crippen molar-refractivity contribution in [1.82, 2.24) is 10.9 Å². The van der Waals surface area contributed by atoms with Crippen molar-refractivity contribution < 1.29 is 23.5 Å². The molecule has 0 radical (unpaired) electrons. The number of amides is 2. The molecule has 2 rings (SSSR count). The van der Waals surface area contributed by atoms with E-state index in [0.29, 0.717) is 10.2 Å². The van der Waals surface area contributed by atoms with Crippen LogP contribution in [0.3, 0.4) is 0 Å². The van der Waals surface area contributed by atoms with E-state index in [0.717, 1.165) is 0 Å². The number of ether oxygens (including phenoxy) is 1. The Balaban J connectivity index is 1.83. The molecule has 7 nitrogen and oxygen atoms in total. The molecule has 1 aromatic heterocycles. The molecular weight excluding hydrogens is 368 g/mol. The molecule has 0 saturated carbocycles. The molecule has 8 heteroatoms. The van der Waals surface area contributed by atoms with Gasteiger partial charge in [-0.05, 0) is 47.1 Å². The molecule has 1 heterocycles. The number of rotatable bonds is 4. The van der Waals surface area contributed by atoms with Crippen LogP contribution in [-0.2, 0) is 9.53 Å². The minimum Gasteiger partial charge on any atom is -0.447 e. The standard InChI is InChI=1S/C15H13BrN2O5/c1-9(22-15(21)11-7-8-12(16)23-11)13(19)17-18-14(20)10-5-3-2-4-6-10/h2-9H,1H3,(H,17,19)(H,18,20)/t9-/m1/s1. The van der Waals surface area contributed by atoms with E-state index < -0.39 is 23.9 Å². The Kier molecular flexibility index (Phi) is 5.53. The molecule has 0 bridgehead atoms. The number of hydrazine groups is 1. The number of benzene rings is 1. The zero-order chi connectivity index (χ0) is 16.8. The summed E-state index contributed by atoms with van der Waals surface area (Å²) in [7, 11) is 0. The van der Waals surface area contributed by atoms with E-state index in [4.69, 9.17) is 9.15 Å². The number of esters is 1. The van der Waals surface area contributed by atoms with Gasteiger partial charge in [0, 0.05) is 5.56 Å². The van der Waals surface area contributed by atoms with E-state index in [1.165, 1.54) is 19.1 Å². The summed E-state index contributed by atoms with van der Waals surface area (Å²) < 4.78 is 10.3. The molecule has 23 heavy (non-hydrogen) atoms. The minimum atomic E-state index is -1.11. The van der Waals surface area contributed by atoms with E-state index in [1.54, 1.807) is 30.3 Å². The van der Waals surface area contributed by atoms with Crippen molar-refractivity contribution in [2.24, 2.45) is 0 Å². The van der Waals surface area contributed by atoms with Gasteiger partial charge in [0.25, 0.3) is 11.8 Å². The number of furan rings is 1. The highest BCUT2D eigenvalue weighted by molar-refractivity contribution is 9.10. The van der Waals surface area contributed by atoms with Crippen molar-refractivity contribution in [2.75, 3.05) is 0 Å². The quantitative estimate of drug-likeness (QED) is 0.624. The Morgan fingerprint density at radius 3 is 2.39 bits per heavy atom. The highest BCUT2D eigenvalue weighted by Crippen LogP contribution is 2.15. The van der Waals surface area contributed by atoms with Gasteiger partial charge in [-0.2, -0.15) is 0 Å². The first-order valence-electron chi connectivity index (χ1n) is 6.59. The molecule has 0 aliphatic rings. The first-order chi connectivity index (χ1) is 11.0. The Labute approximate surface area is 140 Å². The van der Waals surface area contributed by atoms with Crippen molar-refractivity contribution in [1.29, 1.82) is 0 Å². The zero-order valence-electron chi connectivity index (χ0n) is 12.0. The van der Waals surface area contributed by atoms with Crippen LogP contribution < -0.4 is 10.9 Å². The fraction of sp³-hybridized carbons (Fsp3) is 0.133. The van der Waals surface area contributed by atoms with E-state index >= 15 is 0 Å². The van der Waals surface area contributed by atoms with Gasteiger partial charge in [0.05, 0.1) is 0 Å². The van der Waals surface area contributed by atoms with Crippen LogP contribution in [0.5, 0.6) is 0 Å². The van der Waals surface area contributed by atoms with Gasteiger partial charge in [-0.3, -0.25) is 20.4 Å². The Hall–Kier alpha value is -2.61. The predicted octanol–water partition coefficient (Wildman–Crippen LogP) is 2.05. The number of hydrogen-bond acceptors (Lipinski definition) is 5. The maximum atomic E-state index is 11.8. The molecule has 0 saturated heterocycles. The second-order valence-corrected chi connectivity index (χ2v) is 5.24. The largest absolute Gasteiger partial charge is 0.447 e. The summed E-state index contributed by atoms with van der Waals surface area (Å²) in [5, 5.41) is 0. The lowest BCUT2D eigenvalue weighted by molar-refractivity contribution is -0.129. The highest BCUT2D eigenvalue weighted by atomic mass is 79.9.